The predicted octanol–water partition coefficient (Wildman–Crippen LogP) is 3.46. The first kappa shape index (κ1) is 17.1. The largest absolute Gasteiger partial charge is 0.481 e. The van der Waals surface area contributed by atoms with Gasteiger partial charge in [-0.3, -0.25) is 9.59 Å². The number of carbonyl (C=O) groups is 2. The summed E-state index contributed by atoms with van der Waals surface area (Å²) in [5.41, 5.74) is -0.116. The second-order valence-electron chi connectivity index (χ2n) is 6.31. The van der Waals surface area contributed by atoms with Crippen molar-refractivity contribution in [3.8, 4) is 0 Å². The number of hydrogen-bond donors (Lipinski definition) is 2. The Bertz CT molecular complexity index is 538. The van der Waals surface area contributed by atoms with Gasteiger partial charge in [0.1, 0.15) is 5.82 Å². The van der Waals surface area contributed by atoms with E-state index in [4.69, 9.17) is 5.11 Å². The van der Waals surface area contributed by atoms with E-state index in [0.717, 1.165) is 12.5 Å². The lowest BCUT2D eigenvalue weighted by Gasteiger charge is -2.25. The number of hydrogen-bond acceptors (Lipinski definition) is 2. The van der Waals surface area contributed by atoms with E-state index in [0.29, 0.717) is 11.6 Å². The Balaban J connectivity index is 2.82. The maximum absolute atomic E-state index is 13.8. The lowest BCUT2D eigenvalue weighted by molar-refractivity contribution is -0.136. The molecule has 1 aromatic rings. The fourth-order valence-corrected chi connectivity index (χ4v) is 2.34. The molecule has 0 radical (unpaired) electrons. The molecule has 0 aliphatic rings. The quantitative estimate of drug-likeness (QED) is 0.844. The predicted molar refractivity (Wildman–Crippen MR) is 79.6 cm³/mol. The van der Waals surface area contributed by atoms with Gasteiger partial charge >= 0.3 is 5.97 Å². The van der Waals surface area contributed by atoms with E-state index in [-0.39, 0.29) is 17.9 Å². The zero-order valence-corrected chi connectivity index (χ0v) is 12.9. The molecule has 0 aromatic heterocycles. The van der Waals surface area contributed by atoms with Crippen LogP contribution in [-0.4, -0.2) is 17.0 Å². The molecule has 21 heavy (non-hydrogen) atoms. The summed E-state index contributed by atoms with van der Waals surface area (Å²) in [7, 11) is 0. The summed E-state index contributed by atoms with van der Waals surface area (Å²) >= 11 is 0. The molecule has 1 aromatic carbocycles. The van der Waals surface area contributed by atoms with Gasteiger partial charge in [0.15, 0.2) is 0 Å². The van der Waals surface area contributed by atoms with Crippen molar-refractivity contribution in [3.63, 3.8) is 0 Å². The second-order valence-corrected chi connectivity index (χ2v) is 6.31. The van der Waals surface area contributed by atoms with Gasteiger partial charge in [0.25, 0.3) is 0 Å². The van der Waals surface area contributed by atoms with Gasteiger partial charge in [-0.1, -0.05) is 33.8 Å². The van der Waals surface area contributed by atoms with Crippen molar-refractivity contribution < 1.29 is 19.1 Å². The second kappa shape index (κ2) is 6.70. The first-order chi connectivity index (χ1) is 9.61. The van der Waals surface area contributed by atoms with Gasteiger partial charge < -0.3 is 10.4 Å². The molecule has 5 heteroatoms. The van der Waals surface area contributed by atoms with Crippen molar-refractivity contribution in [3.05, 3.63) is 29.6 Å². The third-order valence-corrected chi connectivity index (χ3v) is 3.19. The van der Waals surface area contributed by atoms with Crippen LogP contribution < -0.4 is 5.32 Å². The summed E-state index contributed by atoms with van der Waals surface area (Å²) in [6.07, 6.45) is 0.345. The van der Waals surface area contributed by atoms with Crippen LogP contribution in [0.25, 0.3) is 0 Å². The first-order valence-electron chi connectivity index (χ1n) is 6.93. The Kier molecular flexibility index (Phi) is 5.47. The molecule has 4 nitrogen and oxygen atoms in total. The summed E-state index contributed by atoms with van der Waals surface area (Å²) in [5, 5.41) is 11.3. The zero-order valence-electron chi connectivity index (χ0n) is 12.9. The highest BCUT2D eigenvalue weighted by molar-refractivity contribution is 5.94. The van der Waals surface area contributed by atoms with E-state index >= 15 is 0 Å². The molecule has 0 aliphatic carbocycles. The van der Waals surface area contributed by atoms with Gasteiger partial charge in [-0.25, -0.2) is 4.39 Å². The number of anilines is 1. The third kappa shape index (κ3) is 5.17. The van der Waals surface area contributed by atoms with E-state index in [1.807, 2.05) is 27.7 Å². The van der Waals surface area contributed by atoms with Crippen molar-refractivity contribution in [1.29, 1.82) is 0 Å². The minimum absolute atomic E-state index is 0.0990. The van der Waals surface area contributed by atoms with E-state index in [9.17, 15) is 14.0 Å². The van der Waals surface area contributed by atoms with E-state index < -0.39 is 17.2 Å². The highest BCUT2D eigenvalue weighted by Crippen LogP contribution is 2.27. The Hall–Kier alpha value is -1.91. The minimum atomic E-state index is -1.09. The molecule has 0 fully saturated rings. The van der Waals surface area contributed by atoms with Gasteiger partial charge in [-0.15, -0.1) is 0 Å². The number of halogens is 1. The van der Waals surface area contributed by atoms with Crippen LogP contribution >= 0.6 is 0 Å². The number of carboxylic acids is 1. The topological polar surface area (TPSA) is 66.4 Å². The molecule has 0 atom stereocenters. The molecule has 0 saturated heterocycles. The van der Waals surface area contributed by atoms with E-state index in [2.05, 4.69) is 5.32 Å². The lowest BCUT2D eigenvalue weighted by atomic mass is 9.83. The Morgan fingerprint density at radius 1 is 1.33 bits per heavy atom. The molecule has 0 spiro atoms. The lowest BCUT2D eigenvalue weighted by Crippen LogP contribution is -2.32. The summed E-state index contributed by atoms with van der Waals surface area (Å²) in [4.78, 5) is 22.8. The summed E-state index contributed by atoms with van der Waals surface area (Å²) in [6, 6.07) is 4.06. The van der Waals surface area contributed by atoms with Crippen LogP contribution in [0.4, 0.5) is 10.1 Å². The fourth-order valence-electron chi connectivity index (χ4n) is 2.34. The SMILES string of the molecule is CC(C)CC(C)(C)C(=O)Nc1ccc(CC(=O)O)c(F)c1. The van der Waals surface area contributed by atoms with Gasteiger partial charge in [0, 0.05) is 11.1 Å². The number of carbonyl (C=O) groups excluding carboxylic acids is 1. The molecule has 116 valence electrons. The molecule has 0 bridgehead atoms. The number of rotatable bonds is 6. The molecular formula is C16H22FNO3. The molecule has 0 saturated carbocycles. The normalized spacial score (nSPS) is 11.5. The van der Waals surface area contributed by atoms with E-state index in [1.165, 1.54) is 12.1 Å². The number of carboxylic acid groups (broad SMARTS) is 1. The summed E-state index contributed by atoms with van der Waals surface area (Å²) in [5.74, 6) is -1.53. The van der Waals surface area contributed by atoms with Crippen LogP contribution in [-0.2, 0) is 16.0 Å². The minimum Gasteiger partial charge on any atom is -0.481 e. The molecule has 0 unspecified atom stereocenters. The van der Waals surface area contributed by atoms with Crippen LogP contribution in [0.2, 0.25) is 0 Å². The first-order valence-corrected chi connectivity index (χ1v) is 6.93. The summed E-state index contributed by atoms with van der Waals surface area (Å²) < 4.78 is 13.8. The number of amides is 1. The Morgan fingerprint density at radius 3 is 2.43 bits per heavy atom. The molecule has 0 aliphatic heterocycles. The molecule has 1 rings (SSSR count). The van der Waals surface area contributed by atoms with Crippen molar-refractivity contribution >= 4 is 17.6 Å². The van der Waals surface area contributed by atoms with Crippen LogP contribution in [0, 0.1) is 17.2 Å². The standard InChI is InChI=1S/C16H22FNO3/c1-10(2)9-16(3,4)15(21)18-12-6-5-11(7-14(19)20)13(17)8-12/h5-6,8,10H,7,9H2,1-4H3,(H,18,21)(H,19,20). The van der Waals surface area contributed by atoms with Gasteiger partial charge in [-0.2, -0.15) is 0 Å². The highest BCUT2D eigenvalue weighted by Gasteiger charge is 2.28. The third-order valence-electron chi connectivity index (χ3n) is 3.19. The van der Waals surface area contributed by atoms with Crippen LogP contribution in [0.5, 0.6) is 0 Å². The van der Waals surface area contributed by atoms with Crippen LogP contribution in [0.1, 0.15) is 39.7 Å². The maximum atomic E-state index is 13.8. The van der Waals surface area contributed by atoms with Crippen molar-refractivity contribution in [1.82, 2.24) is 0 Å². The Morgan fingerprint density at radius 2 is 1.95 bits per heavy atom. The van der Waals surface area contributed by atoms with Crippen LogP contribution in [0.3, 0.4) is 0 Å². The fraction of sp³-hybridized carbons (Fsp3) is 0.500. The van der Waals surface area contributed by atoms with Gasteiger partial charge in [0.05, 0.1) is 6.42 Å². The zero-order chi connectivity index (χ0) is 16.2. The molecule has 0 heterocycles. The molecule has 2 N–H and O–H groups in total. The number of aliphatic carboxylic acids is 1. The average Bonchev–Trinajstić information content (AvgIpc) is 2.30. The smallest absolute Gasteiger partial charge is 0.307 e. The van der Waals surface area contributed by atoms with E-state index in [1.54, 1.807) is 0 Å². The van der Waals surface area contributed by atoms with Crippen molar-refractivity contribution in [2.45, 2.75) is 40.5 Å². The highest BCUT2D eigenvalue weighted by atomic mass is 19.1. The molecular weight excluding hydrogens is 273 g/mol. The van der Waals surface area contributed by atoms with Crippen molar-refractivity contribution in [2.24, 2.45) is 11.3 Å². The maximum Gasteiger partial charge on any atom is 0.307 e. The van der Waals surface area contributed by atoms with Gasteiger partial charge in [-0.05, 0) is 30.0 Å². The summed E-state index contributed by atoms with van der Waals surface area (Å²) in [6.45, 7) is 7.76. The Labute approximate surface area is 124 Å². The average molecular weight is 295 g/mol. The number of benzene rings is 1. The van der Waals surface area contributed by atoms with Gasteiger partial charge in [0.2, 0.25) is 5.91 Å². The molecule has 1 amide bonds. The van der Waals surface area contributed by atoms with Crippen molar-refractivity contribution in [2.75, 3.05) is 5.32 Å². The van der Waals surface area contributed by atoms with Crippen LogP contribution in [0.15, 0.2) is 18.2 Å². The number of nitrogens with one attached hydrogen (secondary N) is 1. The monoisotopic (exact) mass is 295 g/mol.